The molecule has 1 aromatic rings. The molecule has 0 unspecified atom stereocenters. The Hall–Kier alpha value is -0.955. The van der Waals surface area contributed by atoms with Gasteiger partial charge >= 0.3 is 7.12 Å². The summed E-state index contributed by atoms with van der Waals surface area (Å²) in [4.78, 5) is 1.10. The van der Waals surface area contributed by atoms with Crippen molar-refractivity contribution in [1.29, 1.82) is 5.26 Å². The molecule has 0 N–H and O–H groups in total. The molecule has 100 valence electrons. The molecule has 1 heterocycles. The van der Waals surface area contributed by atoms with E-state index in [4.69, 9.17) is 9.31 Å². The minimum absolute atomic E-state index is 0.389. The first-order chi connectivity index (χ1) is 8.80. The summed E-state index contributed by atoms with van der Waals surface area (Å²) in [6.45, 7) is 8.05. The summed E-state index contributed by atoms with van der Waals surface area (Å²) in [5.74, 6) is 0. The molecule has 1 aliphatic rings. The largest absolute Gasteiger partial charge is 0.496 e. The van der Waals surface area contributed by atoms with Crippen LogP contribution < -0.4 is 5.46 Å². The van der Waals surface area contributed by atoms with E-state index in [1.165, 1.54) is 0 Å². The molecule has 0 radical (unpaired) electrons. The van der Waals surface area contributed by atoms with E-state index in [1.807, 2.05) is 52.1 Å². The third-order valence-electron chi connectivity index (χ3n) is 3.89. The van der Waals surface area contributed by atoms with Gasteiger partial charge in [-0.15, -0.1) is 11.8 Å². The van der Waals surface area contributed by atoms with Gasteiger partial charge in [0.05, 0.1) is 22.8 Å². The molecule has 5 heteroatoms. The summed E-state index contributed by atoms with van der Waals surface area (Å²) in [5.41, 5.74) is 0.642. The molecule has 1 aliphatic heterocycles. The molecule has 1 fully saturated rings. The third kappa shape index (κ3) is 2.53. The van der Waals surface area contributed by atoms with Crippen LogP contribution in [0.1, 0.15) is 33.3 Å². The van der Waals surface area contributed by atoms with E-state index < -0.39 is 7.12 Å². The van der Waals surface area contributed by atoms with Crippen molar-refractivity contribution in [2.24, 2.45) is 0 Å². The van der Waals surface area contributed by atoms with Crippen molar-refractivity contribution in [1.82, 2.24) is 0 Å². The van der Waals surface area contributed by atoms with Gasteiger partial charge in [0.2, 0.25) is 0 Å². The van der Waals surface area contributed by atoms with Crippen molar-refractivity contribution >= 4 is 24.3 Å². The lowest BCUT2D eigenvalue weighted by molar-refractivity contribution is 0.00578. The normalized spacial score (nSPS) is 20.3. The highest BCUT2D eigenvalue weighted by atomic mass is 32.2. The monoisotopic (exact) mass is 275 g/mol. The van der Waals surface area contributed by atoms with Gasteiger partial charge in [-0.05, 0) is 52.1 Å². The fraction of sp³-hybridized carbons (Fsp3) is 0.500. The van der Waals surface area contributed by atoms with Crippen molar-refractivity contribution < 1.29 is 9.31 Å². The van der Waals surface area contributed by atoms with Gasteiger partial charge < -0.3 is 9.31 Å². The Morgan fingerprint density at radius 2 is 1.74 bits per heavy atom. The molecule has 3 nitrogen and oxygen atoms in total. The van der Waals surface area contributed by atoms with Crippen LogP contribution in [0.15, 0.2) is 23.1 Å². The Bertz CT molecular complexity index is 521. The second kappa shape index (κ2) is 4.86. The lowest BCUT2D eigenvalue weighted by atomic mass is 9.76. The summed E-state index contributed by atoms with van der Waals surface area (Å²) in [6.07, 6.45) is 2.01. The van der Waals surface area contributed by atoms with Gasteiger partial charge in [0.25, 0.3) is 0 Å². The van der Waals surface area contributed by atoms with E-state index in [9.17, 15) is 5.26 Å². The molecule has 19 heavy (non-hydrogen) atoms. The zero-order valence-electron chi connectivity index (χ0n) is 12.0. The van der Waals surface area contributed by atoms with Crippen LogP contribution >= 0.6 is 11.8 Å². The standard InChI is InChI=1S/C14H18BNO2S/c1-13(2)14(3,4)18-15(17-13)12-8-11(19-5)7-6-10(12)9-16/h6-8H,1-5H3. The lowest BCUT2D eigenvalue weighted by Crippen LogP contribution is -2.41. The second-order valence-electron chi connectivity index (χ2n) is 5.65. The number of rotatable bonds is 2. The van der Waals surface area contributed by atoms with E-state index in [1.54, 1.807) is 11.8 Å². The Morgan fingerprint density at radius 1 is 1.16 bits per heavy atom. The Morgan fingerprint density at radius 3 is 2.21 bits per heavy atom. The van der Waals surface area contributed by atoms with Gasteiger partial charge in [-0.3, -0.25) is 0 Å². The van der Waals surface area contributed by atoms with Crippen LogP contribution in [0.5, 0.6) is 0 Å². The first-order valence-corrected chi connectivity index (χ1v) is 7.47. The third-order valence-corrected chi connectivity index (χ3v) is 4.61. The fourth-order valence-corrected chi connectivity index (χ4v) is 2.38. The summed E-state index contributed by atoms with van der Waals surface area (Å²) in [7, 11) is -0.480. The van der Waals surface area contributed by atoms with Crippen molar-refractivity contribution in [2.75, 3.05) is 6.26 Å². The van der Waals surface area contributed by atoms with Crippen LogP contribution in [0.4, 0.5) is 0 Å². The molecule has 0 aromatic heterocycles. The molecule has 0 saturated carbocycles. The van der Waals surface area contributed by atoms with E-state index in [-0.39, 0.29) is 11.2 Å². The average molecular weight is 275 g/mol. The maximum Gasteiger partial charge on any atom is 0.496 e. The maximum absolute atomic E-state index is 9.23. The molecular weight excluding hydrogens is 257 g/mol. The minimum Gasteiger partial charge on any atom is -0.399 e. The Kier molecular flexibility index (Phi) is 3.70. The first kappa shape index (κ1) is 14.5. The van der Waals surface area contributed by atoms with E-state index in [0.29, 0.717) is 5.56 Å². The minimum atomic E-state index is -0.480. The van der Waals surface area contributed by atoms with E-state index in [2.05, 4.69) is 6.07 Å². The molecule has 2 rings (SSSR count). The van der Waals surface area contributed by atoms with E-state index in [0.717, 1.165) is 10.4 Å². The van der Waals surface area contributed by atoms with Gasteiger partial charge in [0, 0.05) is 10.4 Å². The van der Waals surface area contributed by atoms with Crippen molar-refractivity contribution in [3.63, 3.8) is 0 Å². The average Bonchev–Trinajstić information content (AvgIpc) is 2.57. The van der Waals surface area contributed by atoms with Gasteiger partial charge in [-0.1, -0.05) is 0 Å². The SMILES string of the molecule is CSc1ccc(C#N)c(B2OC(C)(C)C(C)(C)O2)c1. The smallest absolute Gasteiger partial charge is 0.399 e. The summed E-state index contributed by atoms with van der Waals surface area (Å²) >= 11 is 1.64. The van der Waals surface area contributed by atoms with Crippen molar-refractivity contribution in [3.8, 4) is 6.07 Å². The quantitative estimate of drug-likeness (QED) is 0.614. The highest BCUT2D eigenvalue weighted by Crippen LogP contribution is 2.36. The Labute approximate surface area is 119 Å². The molecule has 0 bridgehead atoms. The molecule has 1 saturated heterocycles. The molecule has 0 spiro atoms. The first-order valence-electron chi connectivity index (χ1n) is 6.24. The van der Waals surface area contributed by atoms with Crippen molar-refractivity contribution in [2.45, 2.75) is 43.8 Å². The maximum atomic E-state index is 9.23. The van der Waals surface area contributed by atoms with E-state index >= 15 is 0 Å². The predicted molar refractivity (Wildman–Crippen MR) is 78.7 cm³/mol. The number of nitriles is 1. The van der Waals surface area contributed by atoms with Crippen LogP contribution in [0.2, 0.25) is 0 Å². The van der Waals surface area contributed by atoms with Crippen molar-refractivity contribution in [3.05, 3.63) is 23.8 Å². The molecule has 1 aromatic carbocycles. The molecular formula is C14H18BNO2S. The van der Waals surface area contributed by atoms with Crippen LogP contribution in [0.3, 0.4) is 0 Å². The Balaban J connectivity index is 2.41. The number of nitrogens with zero attached hydrogens (tertiary/aromatic N) is 1. The zero-order valence-corrected chi connectivity index (χ0v) is 12.8. The highest BCUT2D eigenvalue weighted by molar-refractivity contribution is 7.98. The number of benzene rings is 1. The van der Waals surface area contributed by atoms with Crippen LogP contribution in [-0.4, -0.2) is 24.6 Å². The highest BCUT2D eigenvalue weighted by Gasteiger charge is 2.52. The number of hydrogen-bond donors (Lipinski definition) is 0. The number of hydrogen-bond acceptors (Lipinski definition) is 4. The van der Waals surface area contributed by atoms with Crippen LogP contribution in [0, 0.1) is 11.3 Å². The van der Waals surface area contributed by atoms with Gasteiger partial charge in [-0.25, -0.2) is 0 Å². The van der Waals surface area contributed by atoms with Gasteiger partial charge in [0.15, 0.2) is 0 Å². The predicted octanol–water partition coefficient (Wildman–Crippen LogP) is 2.58. The lowest BCUT2D eigenvalue weighted by Gasteiger charge is -2.32. The summed E-state index contributed by atoms with van der Waals surface area (Å²) < 4.78 is 12.0. The summed E-state index contributed by atoms with van der Waals surface area (Å²) in [6, 6.07) is 7.95. The zero-order chi connectivity index (χ0) is 14.3. The topological polar surface area (TPSA) is 42.2 Å². The molecule has 0 aliphatic carbocycles. The molecule has 0 atom stereocenters. The van der Waals surface area contributed by atoms with Gasteiger partial charge in [0.1, 0.15) is 0 Å². The number of thioether (sulfide) groups is 1. The summed E-state index contributed by atoms with van der Waals surface area (Å²) in [5, 5.41) is 9.23. The molecule has 0 amide bonds. The fourth-order valence-electron chi connectivity index (χ4n) is 1.93. The second-order valence-corrected chi connectivity index (χ2v) is 6.53. The van der Waals surface area contributed by atoms with Gasteiger partial charge in [-0.2, -0.15) is 5.26 Å². The van der Waals surface area contributed by atoms with Crippen LogP contribution in [0.25, 0.3) is 0 Å². The van der Waals surface area contributed by atoms with Crippen LogP contribution in [-0.2, 0) is 9.31 Å².